The van der Waals surface area contributed by atoms with Crippen molar-refractivity contribution < 1.29 is 17.9 Å². The van der Waals surface area contributed by atoms with Crippen LogP contribution in [0.4, 0.5) is 5.69 Å². The highest BCUT2D eigenvalue weighted by molar-refractivity contribution is 7.92. The molecule has 2 atom stereocenters. The molecule has 1 aliphatic heterocycles. The van der Waals surface area contributed by atoms with E-state index < -0.39 is 21.7 Å². The van der Waals surface area contributed by atoms with Gasteiger partial charge in [0.05, 0.1) is 18.0 Å². The third-order valence-corrected chi connectivity index (χ3v) is 6.28. The van der Waals surface area contributed by atoms with Crippen LogP contribution in [0, 0.1) is 6.92 Å². The van der Waals surface area contributed by atoms with E-state index in [1.54, 1.807) is 37.3 Å². The summed E-state index contributed by atoms with van der Waals surface area (Å²) in [6.07, 6.45) is 1.70. The predicted molar refractivity (Wildman–Crippen MR) is 115 cm³/mol. The zero-order valence-electron chi connectivity index (χ0n) is 17.5. The lowest BCUT2D eigenvalue weighted by Gasteiger charge is -2.39. The fraction of sp³-hybridized carbons (Fsp3) is 0.409. The van der Waals surface area contributed by atoms with Gasteiger partial charge >= 0.3 is 0 Å². The van der Waals surface area contributed by atoms with Gasteiger partial charge in [0, 0.05) is 12.0 Å². The number of hydrogen-bond acceptors (Lipinski definition) is 4. The van der Waals surface area contributed by atoms with Gasteiger partial charge < -0.3 is 10.1 Å². The number of hydrogen-bond donors (Lipinski definition) is 1. The minimum Gasteiger partial charge on any atom is -0.487 e. The van der Waals surface area contributed by atoms with Gasteiger partial charge in [-0.15, -0.1) is 0 Å². The number of nitrogens with one attached hydrogen (secondary N) is 1. The molecule has 1 N–H and O–H groups in total. The van der Waals surface area contributed by atoms with Crippen molar-refractivity contribution in [1.82, 2.24) is 5.32 Å². The summed E-state index contributed by atoms with van der Waals surface area (Å²) < 4.78 is 32.1. The Morgan fingerprint density at radius 1 is 1.21 bits per heavy atom. The highest BCUT2D eigenvalue weighted by atomic mass is 32.2. The number of anilines is 1. The lowest BCUT2D eigenvalue weighted by Crippen LogP contribution is -2.50. The van der Waals surface area contributed by atoms with Gasteiger partial charge in [0.2, 0.25) is 15.9 Å². The van der Waals surface area contributed by atoms with Crippen molar-refractivity contribution in [2.24, 2.45) is 0 Å². The van der Waals surface area contributed by atoms with Crippen LogP contribution in [0.3, 0.4) is 0 Å². The Bertz CT molecular complexity index is 1000. The highest BCUT2D eigenvalue weighted by Gasteiger charge is 2.37. The monoisotopic (exact) mass is 416 g/mol. The summed E-state index contributed by atoms with van der Waals surface area (Å²) in [6.45, 7) is 7.55. The molecule has 6 nitrogen and oxygen atoms in total. The van der Waals surface area contributed by atoms with Gasteiger partial charge in [-0.05, 0) is 51.5 Å². The SMILES string of the molecule is Cc1ccc2c(c1)OC(C)(C)C[C@H]2NC(=O)[C@@H](C)N(c1ccccc1)S(C)(=O)=O. The number of benzene rings is 2. The number of amides is 1. The highest BCUT2D eigenvalue weighted by Crippen LogP contribution is 2.40. The smallest absolute Gasteiger partial charge is 0.244 e. The quantitative estimate of drug-likeness (QED) is 0.809. The maximum Gasteiger partial charge on any atom is 0.244 e. The molecule has 0 radical (unpaired) electrons. The molecule has 0 saturated heterocycles. The second-order valence-corrected chi connectivity index (χ2v) is 10.1. The second-order valence-electron chi connectivity index (χ2n) is 8.24. The summed E-state index contributed by atoms with van der Waals surface area (Å²) in [4.78, 5) is 13.1. The van der Waals surface area contributed by atoms with Crippen LogP contribution in [0.2, 0.25) is 0 Å². The summed E-state index contributed by atoms with van der Waals surface area (Å²) in [6, 6.07) is 13.4. The first kappa shape index (κ1) is 21.2. The van der Waals surface area contributed by atoms with Crippen molar-refractivity contribution >= 4 is 21.6 Å². The number of carbonyl (C=O) groups excluding carboxylic acids is 1. The molecule has 2 aromatic carbocycles. The first-order valence-corrected chi connectivity index (χ1v) is 11.5. The Balaban J connectivity index is 1.89. The van der Waals surface area contributed by atoms with Crippen molar-refractivity contribution in [3.05, 3.63) is 59.7 Å². The second kappa shape index (κ2) is 7.71. The van der Waals surface area contributed by atoms with Crippen molar-refractivity contribution in [3.63, 3.8) is 0 Å². The molecule has 1 amide bonds. The fourth-order valence-corrected chi connectivity index (χ4v) is 4.94. The number of ether oxygens (including phenoxy) is 1. The number of para-hydroxylation sites is 1. The molecule has 29 heavy (non-hydrogen) atoms. The molecule has 3 rings (SSSR count). The summed E-state index contributed by atoms with van der Waals surface area (Å²) in [5, 5.41) is 3.05. The van der Waals surface area contributed by atoms with E-state index in [1.807, 2.05) is 39.0 Å². The molecule has 0 spiro atoms. The van der Waals surface area contributed by atoms with Crippen LogP contribution >= 0.6 is 0 Å². The molecular weight excluding hydrogens is 388 g/mol. The van der Waals surface area contributed by atoms with Crippen molar-refractivity contribution in [3.8, 4) is 5.75 Å². The van der Waals surface area contributed by atoms with E-state index in [4.69, 9.17) is 4.74 Å². The standard InChI is InChI=1S/C22H28N2O4S/c1-15-11-12-18-19(14-22(3,4)28-20(18)13-15)23-21(25)16(2)24(29(5,26)27)17-9-7-6-8-10-17/h6-13,16,19H,14H2,1-5H3,(H,23,25)/t16-,19-/m1/s1. The van der Waals surface area contributed by atoms with Crippen LogP contribution < -0.4 is 14.4 Å². The van der Waals surface area contributed by atoms with Crippen LogP contribution in [0.1, 0.15) is 44.4 Å². The van der Waals surface area contributed by atoms with Crippen molar-refractivity contribution in [2.45, 2.75) is 51.8 Å². The number of aryl methyl sites for hydroxylation is 1. The average Bonchev–Trinajstić information content (AvgIpc) is 2.60. The molecule has 1 heterocycles. The number of rotatable bonds is 5. The Labute approximate surface area is 172 Å². The Morgan fingerprint density at radius 3 is 2.48 bits per heavy atom. The third-order valence-electron chi connectivity index (χ3n) is 5.04. The van der Waals surface area contributed by atoms with Crippen LogP contribution in [0.5, 0.6) is 5.75 Å². The summed E-state index contributed by atoms with van der Waals surface area (Å²) >= 11 is 0. The molecule has 0 bridgehead atoms. The molecule has 0 aromatic heterocycles. The van der Waals surface area contributed by atoms with Gasteiger partial charge in [0.25, 0.3) is 0 Å². The minimum atomic E-state index is -3.64. The topological polar surface area (TPSA) is 75.7 Å². The third kappa shape index (κ3) is 4.72. The van der Waals surface area contributed by atoms with Gasteiger partial charge in [-0.1, -0.05) is 30.3 Å². The summed E-state index contributed by atoms with van der Waals surface area (Å²) in [7, 11) is -3.64. The minimum absolute atomic E-state index is 0.263. The number of carbonyl (C=O) groups is 1. The normalized spacial score (nSPS) is 18.9. The van der Waals surface area contributed by atoms with Crippen LogP contribution in [-0.2, 0) is 14.8 Å². The van der Waals surface area contributed by atoms with Gasteiger partial charge in [-0.2, -0.15) is 0 Å². The summed E-state index contributed by atoms with van der Waals surface area (Å²) in [5.74, 6) is 0.399. The number of fused-ring (bicyclic) bond motifs is 1. The van der Waals surface area contributed by atoms with Crippen molar-refractivity contribution in [1.29, 1.82) is 0 Å². The van der Waals surface area contributed by atoms with Gasteiger partial charge in [-0.3, -0.25) is 9.10 Å². The molecule has 7 heteroatoms. The molecule has 0 saturated carbocycles. The van der Waals surface area contributed by atoms with Gasteiger partial charge in [0.15, 0.2) is 0 Å². The average molecular weight is 417 g/mol. The first-order valence-electron chi connectivity index (χ1n) is 9.62. The van der Waals surface area contributed by atoms with Crippen LogP contribution in [-0.4, -0.2) is 32.2 Å². The predicted octanol–water partition coefficient (Wildman–Crippen LogP) is 3.57. The van der Waals surface area contributed by atoms with E-state index in [1.165, 1.54) is 0 Å². The molecule has 0 unspecified atom stereocenters. The van der Waals surface area contributed by atoms with E-state index in [-0.39, 0.29) is 11.9 Å². The van der Waals surface area contributed by atoms with E-state index in [0.29, 0.717) is 12.1 Å². The first-order chi connectivity index (χ1) is 13.5. The molecule has 156 valence electrons. The van der Waals surface area contributed by atoms with E-state index in [2.05, 4.69) is 5.32 Å². The maximum absolute atomic E-state index is 13.1. The lowest BCUT2D eigenvalue weighted by molar-refractivity contribution is -0.123. The number of sulfonamides is 1. The zero-order chi connectivity index (χ0) is 21.4. The number of nitrogens with zero attached hydrogens (tertiary/aromatic N) is 1. The maximum atomic E-state index is 13.1. The molecule has 0 aliphatic carbocycles. The largest absolute Gasteiger partial charge is 0.487 e. The van der Waals surface area contributed by atoms with Gasteiger partial charge in [0.1, 0.15) is 17.4 Å². The molecular formula is C22H28N2O4S. The van der Waals surface area contributed by atoms with Crippen LogP contribution in [0.15, 0.2) is 48.5 Å². The molecule has 1 aliphatic rings. The molecule has 0 fully saturated rings. The summed E-state index contributed by atoms with van der Waals surface area (Å²) in [5.41, 5.74) is 1.99. The lowest BCUT2D eigenvalue weighted by atomic mass is 9.89. The molecule has 2 aromatic rings. The Morgan fingerprint density at radius 2 is 1.86 bits per heavy atom. The van der Waals surface area contributed by atoms with E-state index >= 15 is 0 Å². The fourth-order valence-electron chi connectivity index (χ4n) is 3.76. The van der Waals surface area contributed by atoms with Crippen molar-refractivity contribution in [2.75, 3.05) is 10.6 Å². The van der Waals surface area contributed by atoms with E-state index in [0.717, 1.165) is 27.4 Å². The Kier molecular flexibility index (Phi) is 5.63. The van der Waals surface area contributed by atoms with Crippen LogP contribution in [0.25, 0.3) is 0 Å². The zero-order valence-corrected chi connectivity index (χ0v) is 18.3. The van der Waals surface area contributed by atoms with E-state index in [9.17, 15) is 13.2 Å². The Hall–Kier alpha value is -2.54. The van der Waals surface area contributed by atoms with Gasteiger partial charge in [-0.25, -0.2) is 8.42 Å².